The van der Waals surface area contributed by atoms with E-state index in [2.05, 4.69) is 11.4 Å². The van der Waals surface area contributed by atoms with Gasteiger partial charge >= 0.3 is 5.97 Å². The molecule has 0 aliphatic heterocycles. The number of nitro benzene ring substituents is 1. The van der Waals surface area contributed by atoms with E-state index in [9.17, 15) is 25.0 Å². The minimum Gasteiger partial charge on any atom is -0.455 e. The van der Waals surface area contributed by atoms with Gasteiger partial charge < -0.3 is 10.1 Å². The Balaban J connectivity index is 1.81. The number of carbonyl (C=O) groups excluding carboxylic acids is 2. The lowest BCUT2D eigenvalue weighted by atomic mass is 9.83. The van der Waals surface area contributed by atoms with Gasteiger partial charge in [-0.25, -0.2) is 0 Å². The first-order chi connectivity index (χ1) is 12.8. The maximum atomic E-state index is 12.1. The Morgan fingerprint density at radius 1 is 1.33 bits per heavy atom. The number of ether oxygens (including phenoxy) is 1. The van der Waals surface area contributed by atoms with Crippen molar-refractivity contribution in [3.05, 3.63) is 34.4 Å². The lowest BCUT2D eigenvalue weighted by Crippen LogP contribution is -2.50. The van der Waals surface area contributed by atoms with Gasteiger partial charge in [-0.2, -0.15) is 5.26 Å². The van der Waals surface area contributed by atoms with Crippen LogP contribution < -0.4 is 5.32 Å². The topological polar surface area (TPSA) is 122 Å². The van der Waals surface area contributed by atoms with Gasteiger partial charge in [0, 0.05) is 17.0 Å². The first-order valence-electron chi connectivity index (χ1n) is 8.65. The third-order valence-corrected chi connectivity index (χ3v) is 5.43. The predicted molar refractivity (Wildman–Crippen MR) is 98.9 cm³/mol. The number of esters is 1. The molecule has 0 radical (unpaired) electrons. The van der Waals surface area contributed by atoms with E-state index in [-0.39, 0.29) is 5.69 Å². The summed E-state index contributed by atoms with van der Waals surface area (Å²) in [7, 11) is 0. The van der Waals surface area contributed by atoms with E-state index in [1.165, 1.54) is 23.9 Å². The monoisotopic (exact) mass is 391 g/mol. The maximum absolute atomic E-state index is 12.1. The molecule has 9 heteroatoms. The van der Waals surface area contributed by atoms with Gasteiger partial charge in [0.05, 0.1) is 11.0 Å². The van der Waals surface area contributed by atoms with Crippen LogP contribution in [0.3, 0.4) is 0 Å². The second-order valence-corrected chi connectivity index (χ2v) is 7.84. The fraction of sp³-hybridized carbons (Fsp3) is 0.500. The van der Waals surface area contributed by atoms with Crippen molar-refractivity contribution in [3.63, 3.8) is 0 Å². The summed E-state index contributed by atoms with van der Waals surface area (Å²) in [5, 5.41) is 22.1. The highest BCUT2D eigenvalue weighted by atomic mass is 32.2. The molecule has 1 aliphatic rings. The zero-order chi connectivity index (χ0) is 19.9. The number of nitrogens with zero attached hydrogens (tertiary/aromatic N) is 2. The van der Waals surface area contributed by atoms with Crippen LogP contribution in [0.5, 0.6) is 0 Å². The van der Waals surface area contributed by atoms with Crippen LogP contribution in [0.4, 0.5) is 5.69 Å². The smallest absolute Gasteiger partial charge is 0.319 e. The summed E-state index contributed by atoms with van der Waals surface area (Å²) in [4.78, 5) is 35.0. The summed E-state index contributed by atoms with van der Waals surface area (Å²) < 4.78 is 5.04. The number of non-ortho nitro benzene ring substituents is 1. The summed E-state index contributed by atoms with van der Waals surface area (Å²) in [5.41, 5.74) is -0.888. The van der Waals surface area contributed by atoms with Crippen molar-refractivity contribution in [3.8, 4) is 6.07 Å². The lowest BCUT2D eigenvalue weighted by molar-refractivity contribution is -0.384. The van der Waals surface area contributed by atoms with Gasteiger partial charge in [0.2, 0.25) is 0 Å². The number of nitro groups is 1. The molecule has 1 N–H and O–H groups in total. The molecule has 1 amide bonds. The number of nitrogens with one attached hydrogen (secondary N) is 1. The van der Waals surface area contributed by atoms with E-state index in [1.54, 1.807) is 19.1 Å². The van der Waals surface area contributed by atoms with Crippen LogP contribution in [0.1, 0.15) is 39.0 Å². The fourth-order valence-corrected chi connectivity index (χ4v) is 3.74. The number of nitriles is 1. The second kappa shape index (κ2) is 9.37. The van der Waals surface area contributed by atoms with Gasteiger partial charge in [0.1, 0.15) is 10.8 Å². The third-order valence-electron chi connectivity index (χ3n) is 4.34. The number of carbonyl (C=O) groups is 2. The Labute approximate surface area is 161 Å². The molecule has 1 fully saturated rings. The molecular weight excluding hydrogens is 370 g/mol. The van der Waals surface area contributed by atoms with Crippen LogP contribution in [0, 0.1) is 21.4 Å². The van der Waals surface area contributed by atoms with Crippen LogP contribution in [0.2, 0.25) is 0 Å². The van der Waals surface area contributed by atoms with Crippen LogP contribution in [-0.4, -0.2) is 34.2 Å². The highest BCUT2D eigenvalue weighted by Gasteiger charge is 2.33. The number of benzene rings is 1. The van der Waals surface area contributed by atoms with E-state index in [1.807, 2.05) is 0 Å². The summed E-state index contributed by atoms with van der Waals surface area (Å²) in [6.45, 7) is 1.19. The minimum atomic E-state index is -0.860. The molecule has 1 aromatic carbocycles. The van der Waals surface area contributed by atoms with E-state index in [4.69, 9.17) is 4.74 Å². The van der Waals surface area contributed by atoms with E-state index < -0.39 is 34.2 Å². The van der Waals surface area contributed by atoms with Crippen LogP contribution >= 0.6 is 11.8 Å². The Morgan fingerprint density at radius 2 is 1.96 bits per heavy atom. The van der Waals surface area contributed by atoms with Gasteiger partial charge in [-0.15, -0.1) is 11.8 Å². The van der Waals surface area contributed by atoms with E-state index in [0.717, 1.165) is 19.3 Å². The number of hydrogen-bond acceptors (Lipinski definition) is 7. The minimum absolute atomic E-state index is 0.0274. The number of hydrogen-bond donors (Lipinski definition) is 1. The molecule has 1 saturated carbocycles. The molecule has 1 aliphatic carbocycles. The SMILES string of the molecule is C[C@H](Sc1ccc([N+](=O)[O-])cc1)C(=O)OCC(=O)NC1(C#N)CCCCC1. The predicted octanol–water partition coefficient (Wildman–Crippen LogP) is 2.96. The van der Waals surface area contributed by atoms with Crippen molar-refractivity contribution < 1.29 is 19.2 Å². The van der Waals surface area contributed by atoms with Crippen LogP contribution in [-0.2, 0) is 14.3 Å². The van der Waals surface area contributed by atoms with Crippen molar-refractivity contribution in [1.29, 1.82) is 5.26 Å². The van der Waals surface area contributed by atoms with E-state index >= 15 is 0 Å². The molecule has 0 saturated heterocycles. The highest BCUT2D eigenvalue weighted by Crippen LogP contribution is 2.28. The van der Waals surface area contributed by atoms with Gasteiger partial charge in [0.25, 0.3) is 11.6 Å². The molecule has 0 spiro atoms. The Hall–Kier alpha value is -2.60. The second-order valence-electron chi connectivity index (χ2n) is 6.42. The normalized spacial score (nSPS) is 16.6. The molecule has 1 atom stereocenters. The molecular formula is C18H21N3O5S. The van der Waals surface area contributed by atoms with Gasteiger partial charge in [-0.05, 0) is 31.9 Å². The molecule has 1 aromatic rings. The molecule has 8 nitrogen and oxygen atoms in total. The summed E-state index contributed by atoms with van der Waals surface area (Å²) >= 11 is 1.18. The first-order valence-corrected chi connectivity index (χ1v) is 9.53. The average molecular weight is 391 g/mol. The largest absolute Gasteiger partial charge is 0.455 e. The van der Waals surface area contributed by atoms with Crippen molar-refractivity contribution in [2.24, 2.45) is 0 Å². The third kappa shape index (κ3) is 5.96. The molecule has 0 unspecified atom stereocenters. The van der Waals surface area contributed by atoms with Crippen molar-refractivity contribution in [2.45, 2.75) is 54.7 Å². The summed E-state index contributed by atoms with van der Waals surface area (Å²) in [6, 6.07) is 8.01. The number of amides is 1. The summed E-state index contributed by atoms with van der Waals surface area (Å²) in [6.07, 6.45) is 4.03. The first kappa shape index (κ1) is 20.7. The van der Waals surface area contributed by atoms with Crippen molar-refractivity contribution >= 4 is 29.3 Å². The molecule has 0 bridgehead atoms. The molecule has 0 heterocycles. The molecule has 2 rings (SSSR count). The lowest BCUT2D eigenvalue weighted by Gasteiger charge is -2.31. The number of rotatable bonds is 7. The Bertz CT molecular complexity index is 738. The Morgan fingerprint density at radius 3 is 2.52 bits per heavy atom. The van der Waals surface area contributed by atoms with Gasteiger partial charge in [-0.1, -0.05) is 19.3 Å². The fourth-order valence-electron chi connectivity index (χ4n) is 2.88. The zero-order valence-electron chi connectivity index (χ0n) is 15.0. The van der Waals surface area contributed by atoms with E-state index in [0.29, 0.717) is 17.7 Å². The summed E-state index contributed by atoms with van der Waals surface area (Å²) in [5.74, 6) is -1.05. The zero-order valence-corrected chi connectivity index (χ0v) is 15.8. The highest BCUT2D eigenvalue weighted by molar-refractivity contribution is 8.00. The van der Waals surface area contributed by atoms with Crippen LogP contribution in [0.25, 0.3) is 0 Å². The quantitative estimate of drug-likeness (QED) is 0.328. The average Bonchev–Trinajstić information content (AvgIpc) is 2.67. The Kier molecular flexibility index (Phi) is 7.19. The van der Waals surface area contributed by atoms with Gasteiger partial charge in [0.15, 0.2) is 6.61 Å². The standard InChI is InChI=1S/C18H21N3O5S/c1-13(27-15-7-5-14(6-8-15)21(24)25)17(23)26-11-16(22)20-18(12-19)9-3-2-4-10-18/h5-8,13H,2-4,9-11H2,1H3,(H,20,22)/t13-/m0/s1. The molecule has 0 aromatic heterocycles. The molecule has 144 valence electrons. The molecule has 27 heavy (non-hydrogen) atoms. The van der Waals surface area contributed by atoms with Gasteiger partial charge in [-0.3, -0.25) is 19.7 Å². The maximum Gasteiger partial charge on any atom is 0.319 e. The number of thioether (sulfide) groups is 1. The van der Waals surface area contributed by atoms with Crippen molar-refractivity contribution in [1.82, 2.24) is 5.32 Å². The van der Waals surface area contributed by atoms with Crippen molar-refractivity contribution in [2.75, 3.05) is 6.61 Å². The van der Waals surface area contributed by atoms with Crippen LogP contribution in [0.15, 0.2) is 29.2 Å².